The van der Waals surface area contributed by atoms with Gasteiger partial charge in [0.25, 0.3) is 0 Å². The first-order valence-corrected chi connectivity index (χ1v) is 9.41. The summed E-state index contributed by atoms with van der Waals surface area (Å²) in [5.41, 5.74) is 0. The van der Waals surface area contributed by atoms with Gasteiger partial charge in [-0.1, -0.05) is 63.3 Å². The van der Waals surface area contributed by atoms with Gasteiger partial charge in [-0.2, -0.15) is 0 Å². The fraction of sp³-hybridized carbons (Fsp3) is 0.750. The Bertz CT molecular complexity index is 360. The first-order chi connectivity index (χ1) is 11.2. The molecule has 1 aliphatic rings. The molecule has 0 aliphatic carbocycles. The summed E-state index contributed by atoms with van der Waals surface area (Å²) in [5, 5.41) is 8.54. The monoisotopic (exact) mass is 322 g/mol. The Hall–Kier alpha value is -1.09. The second-order valence-electron chi connectivity index (χ2n) is 6.44. The summed E-state index contributed by atoms with van der Waals surface area (Å²) >= 11 is 0. The molecule has 2 unspecified atom stereocenters. The van der Waals surface area contributed by atoms with E-state index in [0.717, 1.165) is 32.1 Å². The molecule has 3 nitrogen and oxygen atoms in total. The van der Waals surface area contributed by atoms with Crippen LogP contribution in [-0.4, -0.2) is 23.3 Å². The van der Waals surface area contributed by atoms with E-state index in [9.17, 15) is 4.79 Å². The summed E-state index contributed by atoms with van der Waals surface area (Å²) in [5.74, 6) is -0.669. The van der Waals surface area contributed by atoms with Crippen LogP contribution in [0.1, 0.15) is 84.0 Å². The third-order valence-corrected chi connectivity index (χ3v) is 4.33. The zero-order valence-corrected chi connectivity index (χ0v) is 14.7. The lowest BCUT2D eigenvalue weighted by molar-refractivity contribution is -0.137. The number of ether oxygens (including phenoxy) is 1. The maximum Gasteiger partial charge on any atom is 0.303 e. The second kappa shape index (κ2) is 13.4. The van der Waals surface area contributed by atoms with Crippen molar-refractivity contribution in [2.24, 2.45) is 0 Å². The van der Waals surface area contributed by atoms with E-state index in [2.05, 4.69) is 31.2 Å². The second-order valence-corrected chi connectivity index (χ2v) is 6.44. The molecule has 0 amide bonds. The Labute approximate surface area is 141 Å². The summed E-state index contributed by atoms with van der Waals surface area (Å²) in [6, 6.07) is 0. The summed E-state index contributed by atoms with van der Waals surface area (Å²) in [6.07, 6.45) is 22.9. The Kier molecular flexibility index (Phi) is 11.6. The number of carbonyl (C=O) groups is 1. The molecule has 1 N–H and O–H groups in total. The quantitative estimate of drug-likeness (QED) is 0.241. The smallest absolute Gasteiger partial charge is 0.303 e. The molecule has 0 spiro atoms. The first kappa shape index (κ1) is 20.0. The number of hydrogen-bond donors (Lipinski definition) is 1. The summed E-state index contributed by atoms with van der Waals surface area (Å²) in [6.45, 7) is 2.18. The van der Waals surface area contributed by atoms with Gasteiger partial charge in [0.2, 0.25) is 0 Å². The van der Waals surface area contributed by atoms with Crippen molar-refractivity contribution < 1.29 is 14.6 Å². The third kappa shape index (κ3) is 12.1. The molecule has 3 heteroatoms. The number of aliphatic carboxylic acids is 1. The minimum atomic E-state index is -0.669. The van der Waals surface area contributed by atoms with E-state index >= 15 is 0 Å². The van der Waals surface area contributed by atoms with Gasteiger partial charge < -0.3 is 9.84 Å². The number of allylic oxidation sites excluding steroid dienone is 3. The van der Waals surface area contributed by atoms with Gasteiger partial charge in [-0.25, -0.2) is 0 Å². The molecule has 1 fully saturated rings. The van der Waals surface area contributed by atoms with Crippen molar-refractivity contribution in [2.45, 2.75) is 96.2 Å². The van der Waals surface area contributed by atoms with Gasteiger partial charge in [0.1, 0.15) is 0 Å². The van der Waals surface area contributed by atoms with Gasteiger partial charge >= 0.3 is 5.97 Å². The normalized spacial score (nSPS) is 20.6. The molecule has 0 aromatic carbocycles. The lowest BCUT2D eigenvalue weighted by atomic mass is 10.1. The number of epoxide rings is 1. The lowest BCUT2D eigenvalue weighted by Crippen LogP contribution is -1.93. The highest BCUT2D eigenvalue weighted by molar-refractivity contribution is 5.66. The Balaban J connectivity index is 1.77. The number of carboxylic acid groups (broad SMARTS) is 1. The third-order valence-electron chi connectivity index (χ3n) is 4.33. The van der Waals surface area contributed by atoms with Gasteiger partial charge in [-0.05, 0) is 38.5 Å². The van der Waals surface area contributed by atoms with Crippen LogP contribution in [0, 0.1) is 0 Å². The largest absolute Gasteiger partial charge is 0.481 e. The molecule has 0 aromatic heterocycles. The Morgan fingerprint density at radius 1 is 0.913 bits per heavy atom. The molecule has 1 saturated heterocycles. The molecular weight excluding hydrogens is 288 g/mol. The van der Waals surface area contributed by atoms with Crippen molar-refractivity contribution in [3.8, 4) is 0 Å². The van der Waals surface area contributed by atoms with Crippen LogP contribution < -0.4 is 0 Å². The van der Waals surface area contributed by atoms with E-state index in [1.54, 1.807) is 0 Å². The molecule has 1 rings (SSSR count). The standard InChI is InChI=1S/C20H34O3/c1-2-18-19(23-18)16-14-12-10-8-6-4-3-5-7-9-11-13-15-17-20(21)22/h6,8,12,14,18-19H,2-5,7,9-11,13,15-17H2,1H3,(H,21,22). The zero-order chi connectivity index (χ0) is 16.8. The van der Waals surface area contributed by atoms with Crippen LogP contribution in [0.25, 0.3) is 0 Å². The average molecular weight is 322 g/mol. The molecule has 23 heavy (non-hydrogen) atoms. The van der Waals surface area contributed by atoms with Crippen LogP contribution in [0.3, 0.4) is 0 Å². The van der Waals surface area contributed by atoms with Gasteiger partial charge in [-0.3, -0.25) is 4.79 Å². The minimum Gasteiger partial charge on any atom is -0.481 e. The molecule has 0 bridgehead atoms. The Morgan fingerprint density at radius 2 is 1.57 bits per heavy atom. The molecule has 1 aliphatic heterocycles. The van der Waals surface area contributed by atoms with Crippen LogP contribution in [0.4, 0.5) is 0 Å². The Morgan fingerprint density at radius 3 is 2.22 bits per heavy atom. The highest BCUT2D eigenvalue weighted by atomic mass is 16.6. The van der Waals surface area contributed by atoms with Crippen LogP contribution in [0.15, 0.2) is 24.3 Å². The molecule has 2 atom stereocenters. The molecule has 0 saturated carbocycles. The summed E-state index contributed by atoms with van der Waals surface area (Å²) < 4.78 is 5.49. The van der Waals surface area contributed by atoms with E-state index in [4.69, 9.17) is 9.84 Å². The SMILES string of the molecule is CCC1OC1CC=CCC=CCCCCCCCCCC(=O)O. The topological polar surface area (TPSA) is 49.8 Å². The highest BCUT2D eigenvalue weighted by Gasteiger charge is 2.35. The van der Waals surface area contributed by atoms with Gasteiger partial charge in [-0.15, -0.1) is 0 Å². The zero-order valence-electron chi connectivity index (χ0n) is 14.7. The van der Waals surface area contributed by atoms with Crippen LogP contribution in [0.5, 0.6) is 0 Å². The maximum absolute atomic E-state index is 10.4. The summed E-state index contributed by atoms with van der Waals surface area (Å²) in [4.78, 5) is 10.4. The number of rotatable bonds is 15. The fourth-order valence-electron chi connectivity index (χ4n) is 2.79. The lowest BCUT2D eigenvalue weighted by Gasteiger charge is -2.00. The van der Waals surface area contributed by atoms with Crippen LogP contribution in [0.2, 0.25) is 0 Å². The van der Waals surface area contributed by atoms with Crippen molar-refractivity contribution in [2.75, 3.05) is 0 Å². The van der Waals surface area contributed by atoms with E-state index in [-0.39, 0.29) is 0 Å². The minimum absolute atomic E-state index is 0.326. The summed E-state index contributed by atoms with van der Waals surface area (Å²) in [7, 11) is 0. The molecular formula is C20H34O3. The maximum atomic E-state index is 10.4. The van der Waals surface area contributed by atoms with Crippen molar-refractivity contribution in [3.63, 3.8) is 0 Å². The molecule has 1 heterocycles. The predicted octanol–water partition coefficient (Wildman–Crippen LogP) is 5.65. The number of hydrogen-bond acceptors (Lipinski definition) is 2. The fourth-order valence-corrected chi connectivity index (χ4v) is 2.79. The highest BCUT2D eigenvalue weighted by Crippen LogP contribution is 2.28. The van der Waals surface area contributed by atoms with Crippen molar-refractivity contribution in [1.29, 1.82) is 0 Å². The molecule has 0 aromatic rings. The van der Waals surface area contributed by atoms with E-state index < -0.39 is 5.97 Å². The van der Waals surface area contributed by atoms with Gasteiger partial charge in [0.05, 0.1) is 12.2 Å². The molecule has 132 valence electrons. The van der Waals surface area contributed by atoms with Gasteiger partial charge in [0.15, 0.2) is 0 Å². The molecule has 0 radical (unpaired) electrons. The van der Waals surface area contributed by atoms with Crippen molar-refractivity contribution in [1.82, 2.24) is 0 Å². The van der Waals surface area contributed by atoms with Crippen LogP contribution in [-0.2, 0) is 9.53 Å². The first-order valence-electron chi connectivity index (χ1n) is 9.41. The van der Waals surface area contributed by atoms with Crippen molar-refractivity contribution >= 4 is 5.97 Å². The van der Waals surface area contributed by atoms with E-state index in [0.29, 0.717) is 18.6 Å². The predicted molar refractivity (Wildman–Crippen MR) is 95.7 cm³/mol. The van der Waals surface area contributed by atoms with E-state index in [1.165, 1.54) is 38.5 Å². The van der Waals surface area contributed by atoms with Crippen LogP contribution >= 0.6 is 0 Å². The number of unbranched alkanes of at least 4 members (excludes halogenated alkanes) is 7. The number of carboxylic acids is 1. The average Bonchev–Trinajstić information content (AvgIpc) is 3.29. The van der Waals surface area contributed by atoms with Crippen molar-refractivity contribution in [3.05, 3.63) is 24.3 Å². The van der Waals surface area contributed by atoms with Gasteiger partial charge in [0, 0.05) is 6.42 Å². The van der Waals surface area contributed by atoms with E-state index in [1.807, 2.05) is 0 Å².